The molecule has 48 heavy (non-hydrogen) atoms. The Labute approximate surface area is 291 Å². The molecule has 0 fully saturated rings. The second-order valence-electron chi connectivity index (χ2n) is 14.3. The molecule has 0 aliphatic heterocycles. The molecule has 0 saturated carbocycles. The Hall–Kier alpha value is -3.23. The molecule has 1 atom stereocenters. The van der Waals surface area contributed by atoms with Crippen LogP contribution in [0.4, 0.5) is 9.59 Å². The van der Waals surface area contributed by atoms with Crippen molar-refractivity contribution in [1.29, 1.82) is 0 Å². The molecule has 1 rings (SSSR count). The molecule has 0 spiro atoms. The number of nitrogens with zero attached hydrogens (tertiary/aromatic N) is 2. The van der Waals surface area contributed by atoms with Crippen molar-refractivity contribution in [2.24, 2.45) is 0 Å². The number of carbonyl (C=O) groups is 3. The monoisotopic (exact) mass is 674 g/mol. The van der Waals surface area contributed by atoms with E-state index in [1.54, 1.807) is 22.8 Å². The SMILES string of the molecule is CCCCCCCN(CC(c1cccc(C=C(OCC)C(=O)OCC)c1)N(CCCCCCC)C(=O)OC(C)(C)C)C(=O)OC(C)(C)C. The summed E-state index contributed by atoms with van der Waals surface area (Å²) in [5, 5.41) is 0. The van der Waals surface area contributed by atoms with Gasteiger partial charge in [-0.15, -0.1) is 0 Å². The number of esters is 1. The summed E-state index contributed by atoms with van der Waals surface area (Å²) >= 11 is 0. The number of hydrogen-bond donors (Lipinski definition) is 0. The Kier molecular flexibility index (Phi) is 20.0. The number of benzene rings is 1. The van der Waals surface area contributed by atoms with Crippen molar-refractivity contribution in [3.05, 3.63) is 41.2 Å². The molecule has 2 amide bonds. The third-order valence-electron chi connectivity index (χ3n) is 7.45. The molecule has 0 N–H and O–H groups in total. The largest absolute Gasteiger partial charge is 0.487 e. The van der Waals surface area contributed by atoms with Gasteiger partial charge in [0.1, 0.15) is 11.2 Å². The average molecular weight is 675 g/mol. The summed E-state index contributed by atoms with van der Waals surface area (Å²) in [6.45, 7) is 20.8. The van der Waals surface area contributed by atoms with Gasteiger partial charge in [0.15, 0.2) is 0 Å². The summed E-state index contributed by atoms with van der Waals surface area (Å²) in [7, 11) is 0. The molecule has 274 valence electrons. The van der Waals surface area contributed by atoms with Crippen LogP contribution in [0.2, 0.25) is 0 Å². The van der Waals surface area contributed by atoms with Crippen molar-refractivity contribution in [2.45, 2.75) is 151 Å². The first kappa shape index (κ1) is 42.8. The lowest BCUT2D eigenvalue weighted by Gasteiger charge is -2.37. The van der Waals surface area contributed by atoms with Gasteiger partial charge in [-0.05, 0) is 91.5 Å². The minimum Gasteiger partial charge on any atom is -0.487 e. The van der Waals surface area contributed by atoms with Crippen LogP contribution in [0.3, 0.4) is 0 Å². The van der Waals surface area contributed by atoms with Gasteiger partial charge in [-0.3, -0.25) is 4.90 Å². The number of hydrogen-bond acceptors (Lipinski definition) is 7. The van der Waals surface area contributed by atoms with E-state index in [9.17, 15) is 14.4 Å². The van der Waals surface area contributed by atoms with Crippen LogP contribution in [0.1, 0.15) is 151 Å². The highest BCUT2D eigenvalue weighted by molar-refractivity contribution is 5.91. The first-order valence-corrected chi connectivity index (χ1v) is 18.2. The highest BCUT2D eigenvalue weighted by atomic mass is 16.6. The van der Waals surface area contributed by atoms with Gasteiger partial charge >= 0.3 is 18.2 Å². The summed E-state index contributed by atoms with van der Waals surface area (Å²) in [5.41, 5.74) is 0.139. The minimum atomic E-state index is -0.706. The van der Waals surface area contributed by atoms with Crippen LogP contribution in [0, 0.1) is 0 Å². The summed E-state index contributed by atoms with van der Waals surface area (Å²) in [4.78, 5) is 43.8. The fraction of sp³-hybridized carbons (Fsp3) is 0.718. The maximum absolute atomic E-state index is 14.0. The lowest BCUT2D eigenvalue weighted by atomic mass is 10.0. The lowest BCUT2D eigenvalue weighted by molar-refractivity contribution is -0.142. The second kappa shape index (κ2) is 22.4. The maximum Gasteiger partial charge on any atom is 0.410 e. The molecule has 0 bridgehead atoms. The van der Waals surface area contributed by atoms with Crippen LogP contribution in [0.5, 0.6) is 0 Å². The number of carbonyl (C=O) groups excluding carboxylic acids is 3. The van der Waals surface area contributed by atoms with E-state index in [-0.39, 0.29) is 18.9 Å². The summed E-state index contributed by atoms with van der Waals surface area (Å²) in [5.74, 6) is -0.432. The predicted octanol–water partition coefficient (Wildman–Crippen LogP) is 10.1. The van der Waals surface area contributed by atoms with Crippen LogP contribution >= 0.6 is 0 Å². The number of amides is 2. The maximum atomic E-state index is 14.0. The van der Waals surface area contributed by atoms with E-state index < -0.39 is 35.4 Å². The molecular weight excluding hydrogens is 608 g/mol. The smallest absolute Gasteiger partial charge is 0.410 e. The highest BCUT2D eigenvalue weighted by Crippen LogP contribution is 2.28. The first-order valence-electron chi connectivity index (χ1n) is 18.2. The van der Waals surface area contributed by atoms with Crippen LogP contribution in [0.25, 0.3) is 6.08 Å². The van der Waals surface area contributed by atoms with Gasteiger partial charge in [0.2, 0.25) is 5.76 Å². The predicted molar refractivity (Wildman–Crippen MR) is 194 cm³/mol. The van der Waals surface area contributed by atoms with E-state index in [0.29, 0.717) is 25.3 Å². The molecule has 1 unspecified atom stereocenters. The van der Waals surface area contributed by atoms with Crippen LogP contribution in [-0.2, 0) is 23.7 Å². The highest BCUT2D eigenvalue weighted by Gasteiger charge is 2.33. The summed E-state index contributed by atoms with van der Waals surface area (Å²) in [6, 6.07) is 7.11. The Balaban J connectivity index is 3.74. The van der Waals surface area contributed by atoms with Gasteiger partial charge in [-0.1, -0.05) is 83.4 Å². The Morgan fingerprint density at radius 1 is 0.708 bits per heavy atom. The molecule has 1 aromatic rings. The minimum absolute atomic E-state index is 0.107. The number of unbranched alkanes of at least 4 members (excludes halogenated alkanes) is 8. The zero-order valence-corrected chi connectivity index (χ0v) is 31.8. The number of ether oxygens (including phenoxy) is 4. The Morgan fingerprint density at radius 3 is 1.79 bits per heavy atom. The van der Waals surface area contributed by atoms with Crippen molar-refractivity contribution >= 4 is 24.2 Å². The van der Waals surface area contributed by atoms with Gasteiger partial charge in [-0.2, -0.15) is 0 Å². The fourth-order valence-electron chi connectivity index (χ4n) is 5.19. The van der Waals surface area contributed by atoms with Gasteiger partial charge < -0.3 is 23.8 Å². The summed E-state index contributed by atoms with van der Waals surface area (Å²) in [6.07, 6.45) is 11.1. The Morgan fingerprint density at radius 2 is 1.25 bits per heavy atom. The van der Waals surface area contributed by atoms with E-state index in [1.165, 1.54) is 0 Å². The average Bonchev–Trinajstić information content (AvgIpc) is 2.99. The fourth-order valence-corrected chi connectivity index (χ4v) is 5.19. The van der Waals surface area contributed by atoms with Crippen molar-refractivity contribution in [2.75, 3.05) is 32.8 Å². The molecule has 0 aromatic heterocycles. The van der Waals surface area contributed by atoms with E-state index in [4.69, 9.17) is 18.9 Å². The molecule has 0 radical (unpaired) electrons. The van der Waals surface area contributed by atoms with Crippen LogP contribution in [0.15, 0.2) is 30.0 Å². The zero-order chi connectivity index (χ0) is 36.2. The third kappa shape index (κ3) is 17.8. The van der Waals surface area contributed by atoms with Gasteiger partial charge in [0, 0.05) is 19.6 Å². The molecule has 1 aromatic carbocycles. The molecule has 0 heterocycles. The third-order valence-corrected chi connectivity index (χ3v) is 7.45. The van der Waals surface area contributed by atoms with Crippen molar-refractivity contribution in [3.63, 3.8) is 0 Å². The molecule has 0 aliphatic rings. The van der Waals surface area contributed by atoms with E-state index in [2.05, 4.69) is 13.8 Å². The topological polar surface area (TPSA) is 94.6 Å². The first-order chi connectivity index (χ1) is 22.6. The van der Waals surface area contributed by atoms with E-state index >= 15 is 0 Å². The molecular formula is C39H66N2O7. The van der Waals surface area contributed by atoms with Gasteiger partial charge in [0.25, 0.3) is 0 Å². The second-order valence-corrected chi connectivity index (χ2v) is 14.3. The van der Waals surface area contributed by atoms with E-state index in [0.717, 1.165) is 69.8 Å². The molecule has 9 nitrogen and oxygen atoms in total. The molecule has 0 aliphatic carbocycles. The standard InChI is InChI=1S/C39H66N2O7/c1-11-15-17-19-21-26-40(36(43)47-38(5,6)7)30-33(41(27-22-20-18-16-12-2)37(44)48-39(8,9)10)32-25-23-24-31(28-32)29-34(45-13-3)35(42)46-14-4/h23-25,28-29,33H,11-22,26-27,30H2,1-10H3. The number of rotatable bonds is 21. The van der Waals surface area contributed by atoms with Crippen molar-refractivity contribution in [1.82, 2.24) is 9.80 Å². The van der Waals surface area contributed by atoms with Crippen molar-refractivity contribution in [3.8, 4) is 0 Å². The normalized spacial score (nSPS) is 12.7. The molecule has 9 heteroatoms. The van der Waals surface area contributed by atoms with Crippen LogP contribution in [-0.4, -0.2) is 72.0 Å². The lowest BCUT2D eigenvalue weighted by Crippen LogP contribution is -2.47. The Bertz CT molecular complexity index is 1120. The quantitative estimate of drug-likeness (QED) is 0.0421. The summed E-state index contributed by atoms with van der Waals surface area (Å²) < 4.78 is 22.7. The van der Waals surface area contributed by atoms with Gasteiger partial charge in [-0.25, -0.2) is 14.4 Å². The van der Waals surface area contributed by atoms with Gasteiger partial charge in [0.05, 0.1) is 19.3 Å². The molecule has 0 saturated heterocycles. The van der Waals surface area contributed by atoms with Crippen molar-refractivity contribution < 1.29 is 33.3 Å². The van der Waals surface area contributed by atoms with Crippen LogP contribution < -0.4 is 0 Å². The van der Waals surface area contributed by atoms with E-state index in [1.807, 2.05) is 72.7 Å². The zero-order valence-electron chi connectivity index (χ0n) is 31.8.